The minimum Gasteiger partial charge on any atom is -0.495 e. The number of hydrogen-bond acceptors (Lipinski definition) is 3. The minimum atomic E-state index is 0.0790. The molecule has 1 aromatic rings. The van der Waals surface area contributed by atoms with E-state index in [4.69, 9.17) is 16.3 Å². The second kappa shape index (κ2) is 7.51. The Labute approximate surface area is 120 Å². The van der Waals surface area contributed by atoms with Gasteiger partial charge in [-0.15, -0.1) is 0 Å². The van der Waals surface area contributed by atoms with E-state index >= 15 is 0 Å². The first-order valence-corrected chi connectivity index (χ1v) is 6.91. The zero-order valence-electron chi connectivity index (χ0n) is 12.1. The maximum absolute atomic E-state index is 12.1. The molecule has 0 aliphatic carbocycles. The van der Waals surface area contributed by atoms with Gasteiger partial charge in [-0.05, 0) is 31.2 Å². The van der Waals surface area contributed by atoms with Crippen LogP contribution >= 0.6 is 11.6 Å². The molecule has 0 aliphatic rings. The third-order valence-electron chi connectivity index (χ3n) is 3.21. The second-order valence-electron chi connectivity index (χ2n) is 4.98. The molecule has 0 aromatic heterocycles. The molecule has 106 valence electrons. The average molecular weight is 284 g/mol. The first-order valence-electron chi connectivity index (χ1n) is 6.53. The van der Waals surface area contributed by atoms with Gasteiger partial charge >= 0.3 is 0 Å². The van der Waals surface area contributed by atoms with Crippen LogP contribution in [0.25, 0.3) is 0 Å². The number of nitrogens with zero attached hydrogens (tertiary/aromatic N) is 1. The summed E-state index contributed by atoms with van der Waals surface area (Å²) in [6.45, 7) is 5.67. The lowest BCUT2D eigenvalue weighted by atomic mass is 10.1. The van der Waals surface area contributed by atoms with E-state index in [9.17, 15) is 4.79 Å². The van der Waals surface area contributed by atoms with E-state index in [0.29, 0.717) is 28.8 Å². The molecule has 0 bridgehead atoms. The van der Waals surface area contributed by atoms with Gasteiger partial charge in [0.1, 0.15) is 5.75 Å². The first kappa shape index (κ1) is 16.0. The van der Waals surface area contributed by atoms with Crippen molar-refractivity contribution in [3.63, 3.8) is 0 Å². The van der Waals surface area contributed by atoms with Crippen molar-refractivity contribution < 1.29 is 9.53 Å². The predicted octanol–water partition coefficient (Wildman–Crippen LogP) is 3.51. The molecule has 0 saturated carbocycles. The Morgan fingerprint density at radius 2 is 2.16 bits per heavy atom. The zero-order valence-corrected chi connectivity index (χ0v) is 12.8. The van der Waals surface area contributed by atoms with Crippen molar-refractivity contribution in [2.24, 2.45) is 5.92 Å². The summed E-state index contributed by atoms with van der Waals surface area (Å²) < 4.78 is 5.07. The van der Waals surface area contributed by atoms with Gasteiger partial charge in [0.25, 0.3) is 0 Å². The predicted molar refractivity (Wildman–Crippen MR) is 79.3 cm³/mol. The molecule has 4 heteroatoms. The minimum absolute atomic E-state index is 0.0790. The third-order valence-corrected chi connectivity index (χ3v) is 3.50. The van der Waals surface area contributed by atoms with E-state index in [-0.39, 0.29) is 5.78 Å². The number of halogens is 1. The van der Waals surface area contributed by atoms with E-state index < -0.39 is 0 Å². The van der Waals surface area contributed by atoms with Crippen LogP contribution in [0.2, 0.25) is 5.02 Å². The summed E-state index contributed by atoms with van der Waals surface area (Å²) in [4.78, 5) is 14.2. The lowest BCUT2D eigenvalue weighted by molar-refractivity contribution is 0.0938. The summed E-state index contributed by atoms with van der Waals surface area (Å²) in [5.74, 6) is 1.26. The van der Waals surface area contributed by atoms with Crippen molar-refractivity contribution in [3.8, 4) is 5.75 Å². The van der Waals surface area contributed by atoms with E-state index in [1.165, 1.54) is 0 Å². The Bertz CT molecular complexity index is 434. The Kier molecular flexibility index (Phi) is 6.32. The largest absolute Gasteiger partial charge is 0.495 e. The molecule has 0 radical (unpaired) electrons. The van der Waals surface area contributed by atoms with Gasteiger partial charge in [-0.3, -0.25) is 9.69 Å². The fraction of sp³-hybridized carbons (Fsp3) is 0.533. The van der Waals surface area contributed by atoms with Crippen molar-refractivity contribution in [2.45, 2.75) is 20.3 Å². The zero-order chi connectivity index (χ0) is 14.4. The summed E-state index contributed by atoms with van der Waals surface area (Å²) >= 11 is 6.03. The van der Waals surface area contributed by atoms with Crippen molar-refractivity contribution in [3.05, 3.63) is 28.8 Å². The lowest BCUT2D eigenvalue weighted by Crippen LogP contribution is -2.30. The molecule has 0 saturated heterocycles. The van der Waals surface area contributed by atoms with Gasteiger partial charge < -0.3 is 4.74 Å². The van der Waals surface area contributed by atoms with E-state index in [1.54, 1.807) is 25.3 Å². The van der Waals surface area contributed by atoms with Crippen molar-refractivity contribution in [1.82, 2.24) is 4.90 Å². The number of ether oxygens (including phenoxy) is 1. The molecule has 19 heavy (non-hydrogen) atoms. The van der Waals surface area contributed by atoms with Crippen molar-refractivity contribution >= 4 is 17.4 Å². The van der Waals surface area contributed by atoms with Gasteiger partial charge in [-0.2, -0.15) is 0 Å². The molecular formula is C15H22ClNO2. The summed E-state index contributed by atoms with van der Waals surface area (Å²) in [5.41, 5.74) is 0.627. The van der Waals surface area contributed by atoms with Gasteiger partial charge in [0.2, 0.25) is 0 Å². The second-order valence-corrected chi connectivity index (χ2v) is 5.39. The molecule has 0 spiro atoms. The highest BCUT2D eigenvalue weighted by atomic mass is 35.5. The fourth-order valence-corrected chi connectivity index (χ4v) is 2.16. The molecule has 1 rings (SSSR count). The monoisotopic (exact) mass is 283 g/mol. The van der Waals surface area contributed by atoms with Crippen LogP contribution in [-0.2, 0) is 0 Å². The highest BCUT2D eigenvalue weighted by Crippen LogP contribution is 2.25. The number of carbonyl (C=O) groups excluding carboxylic acids is 1. The molecule has 1 aromatic carbocycles. The highest BCUT2D eigenvalue weighted by molar-refractivity contribution is 6.32. The van der Waals surface area contributed by atoms with Gasteiger partial charge in [-0.25, -0.2) is 0 Å². The lowest BCUT2D eigenvalue weighted by Gasteiger charge is -2.19. The molecule has 0 heterocycles. The van der Waals surface area contributed by atoms with Crippen LogP contribution in [0.4, 0.5) is 0 Å². The molecular weight excluding hydrogens is 262 g/mol. The van der Waals surface area contributed by atoms with Crippen LogP contribution in [0, 0.1) is 5.92 Å². The summed E-state index contributed by atoms with van der Waals surface area (Å²) in [7, 11) is 3.53. The number of Topliss-reactive ketones (excluding diaryl/α,β-unsaturated/α-hetero) is 1. The Morgan fingerprint density at radius 1 is 1.47 bits per heavy atom. The standard InChI is InChI=1S/C15H22ClNO2/c1-5-11(2)9-17(3)10-14(18)12-6-7-15(19-4)13(16)8-12/h6-8,11H,5,9-10H2,1-4H3. The topological polar surface area (TPSA) is 29.5 Å². The Balaban J connectivity index is 2.65. The Hall–Kier alpha value is -1.06. The van der Waals surface area contributed by atoms with Crippen LogP contribution in [0.1, 0.15) is 30.6 Å². The number of carbonyl (C=O) groups is 1. The van der Waals surface area contributed by atoms with Crippen LogP contribution < -0.4 is 4.74 Å². The maximum Gasteiger partial charge on any atom is 0.176 e. The van der Waals surface area contributed by atoms with Gasteiger partial charge in [0.05, 0.1) is 18.7 Å². The van der Waals surface area contributed by atoms with Gasteiger partial charge in [0, 0.05) is 12.1 Å². The molecule has 1 unspecified atom stereocenters. The van der Waals surface area contributed by atoms with E-state index in [2.05, 4.69) is 18.7 Å². The molecule has 1 atom stereocenters. The van der Waals surface area contributed by atoms with Crippen LogP contribution in [0.15, 0.2) is 18.2 Å². The smallest absolute Gasteiger partial charge is 0.176 e. The van der Waals surface area contributed by atoms with Crippen molar-refractivity contribution in [2.75, 3.05) is 27.2 Å². The van der Waals surface area contributed by atoms with Crippen molar-refractivity contribution in [1.29, 1.82) is 0 Å². The SMILES string of the molecule is CCC(C)CN(C)CC(=O)c1ccc(OC)c(Cl)c1. The summed E-state index contributed by atoms with van der Waals surface area (Å²) in [6, 6.07) is 5.15. The molecule has 3 nitrogen and oxygen atoms in total. The van der Waals surface area contributed by atoms with Gasteiger partial charge in [0.15, 0.2) is 5.78 Å². The maximum atomic E-state index is 12.1. The number of benzene rings is 1. The van der Waals surface area contributed by atoms with E-state index in [1.807, 2.05) is 7.05 Å². The number of methoxy groups -OCH3 is 1. The molecule has 0 aliphatic heterocycles. The normalized spacial score (nSPS) is 12.5. The average Bonchev–Trinajstić information content (AvgIpc) is 2.38. The highest BCUT2D eigenvalue weighted by Gasteiger charge is 2.13. The third kappa shape index (κ3) is 4.84. The molecule has 0 fully saturated rings. The van der Waals surface area contributed by atoms with Gasteiger partial charge in [-0.1, -0.05) is 31.9 Å². The molecule has 0 N–H and O–H groups in total. The van der Waals surface area contributed by atoms with Crippen LogP contribution in [-0.4, -0.2) is 37.9 Å². The summed E-state index contributed by atoms with van der Waals surface area (Å²) in [6.07, 6.45) is 1.12. The molecule has 0 amide bonds. The number of ketones is 1. The number of rotatable bonds is 7. The first-order chi connectivity index (χ1) is 8.97. The van der Waals surface area contributed by atoms with Crippen LogP contribution in [0.3, 0.4) is 0 Å². The fourth-order valence-electron chi connectivity index (χ4n) is 1.90. The van der Waals surface area contributed by atoms with Crippen LogP contribution in [0.5, 0.6) is 5.75 Å². The summed E-state index contributed by atoms with van der Waals surface area (Å²) in [5, 5.41) is 0.470. The number of likely N-dealkylation sites (N-methyl/N-ethyl adjacent to an activating group) is 1. The number of hydrogen-bond donors (Lipinski definition) is 0. The Morgan fingerprint density at radius 3 is 2.68 bits per heavy atom. The quantitative estimate of drug-likeness (QED) is 0.717. The van der Waals surface area contributed by atoms with E-state index in [0.717, 1.165) is 13.0 Å².